The molecule has 0 bridgehead atoms. The summed E-state index contributed by atoms with van der Waals surface area (Å²) >= 11 is 1.60. The van der Waals surface area contributed by atoms with Crippen LogP contribution in [0.2, 0.25) is 0 Å². The molecule has 4 aromatic rings. The number of piperidine rings is 1. The van der Waals surface area contributed by atoms with Crippen LogP contribution < -0.4 is 4.90 Å². The summed E-state index contributed by atoms with van der Waals surface area (Å²) in [6.45, 7) is 3.39. The summed E-state index contributed by atoms with van der Waals surface area (Å²) in [6.07, 6.45) is 1.33. The number of anilines is 1. The minimum Gasteiger partial charge on any atom is -0.385 e. The summed E-state index contributed by atoms with van der Waals surface area (Å²) in [5.74, 6) is 1.63. The van der Waals surface area contributed by atoms with E-state index in [0.29, 0.717) is 12.8 Å². The fourth-order valence-electron chi connectivity index (χ4n) is 3.96. The highest BCUT2D eigenvalue weighted by Gasteiger charge is 2.35. The molecule has 5 rings (SSSR count). The highest BCUT2D eigenvalue weighted by molar-refractivity contribution is 7.21. The van der Waals surface area contributed by atoms with E-state index in [2.05, 4.69) is 22.0 Å². The van der Waals surface area contributed by atoms with Crippen molar-refractivity contribution in [3.8, 4) is 10.6 Å². The molecule has 1 N–H and O–H groups in total. The minimum atomic E-state index is -0.782. The normalized spacial score (nSPS) is 16.3. The Balaban J connectivity index is 1.47. The Morgan fingerprint density at radius 3 is 2.24 bits per heavy atom. The van der Waals surface area contributed by atoms with Gasteiger partial charge in [0.05, 0.1) is 5.60 Å². The first-order chi connectivity index (χ1) is 14.1. The van der Waals surface area contributed by atoms with Gasteiger partial charge in [0.25, 0.3) is 0 Å². The summed E-state index contributed by atoms with van der Waals surface area (Å²) in [4.78, 5) is 17.4. The Kier molecular flexibility index (Phi) is 4.53. The number of rotatable bonds is 3. The largest absolute Gasteiger partial charge is 0.385 e. The quantitative estimate of drug-likeness (QED) is 0.545. The fourth-order valence-corrected chi connectivity index (χ4v) is 4.95. The number of benzene rings is 2. The highest BCUT2D eigenvalue weighted by Crippen LogP contribution is 2.37. The van der Waals surface area contributed by atoms with Crippen molar-refractivity contribution in [2.45, 2.75) is 25.4 Å². The van der Waals surface area contributed by atoms with Gasteiger partial charge in [-0.3, -0.25) is 0 Å². The van der Waals surface area contributed by atoms with E-state index in [0.717, 1.165) is 51.2 Å². The standard InChI is InChI=1S/C23H22N4OS/c1-16-24-20(19-22(25-16)29-21(26-19)17-8-4-2-5-9-17)27-14-12-23(28,13-15-27)18-10-6-3-7-11-18/h2-11,28H,12-15H2,1H3. The molecule has 2 aromatic carbocycles. The summed E-state index contributed by atoms with van der Waals surface area (Å²) in [5.41, 5.74) is 2.15. The van der Waals surface area contributed by atoms with Gasteiger partial charge in [-0.2, -0.15) is 0 Å². The van der Waals surface area contributed by atoms with Crippen molar-refractivity contribution in [3.63, 3.8) is 0 Å². The number of nitrogens with zero attached hydrogens (tertiary/aromatic N) is 4. The first-order valence-corrected chi connectivity index (χ1v) is 10.7. The van der Waals surface area contributed by atoms with Gasteiger partial charge in [-0.25, -0.2) is 15.0 Å². The molecular formula is C23H22N4OS. The molecule has 0 radical (unpaired) electrons. The Bertz CT molecular complexity index is 1140. The van der Waals surface area contributed by atoms with Crippen LogP contribution in [0.5, 0.6) is 0 Å². The first kappa shape index (κ1) is 18.2. The van der Waals surface area contributed by atoms with Gasteiger partial charge >= 0.3 is 0 Å². The number of thiazole rings is 1. The van der Waals surface area contributed by atoms with Crippen LogP contribution >= 0.6 is 11.3 Å². The Morgan fingerprint density at radius 2 is 1.55 bits per heavy atom. The van der Waals surface area contributed by atoms with E-state index >= 15 is 0 Å². The average molecular weight is 403 g/mol. The molecule has 0 spiro atoms. The maximum atomic E-state index is 11.2. The molecule has 1 saturated heterocycles. The first-order valence-electron chi connectivity index (χ1n) is 9.86. The number of hydrogen-bond donors (Lipinski definition) is 1. The van der Waals surface area contributed by atoms with E-state index in [4.69, 9.17) is 9.97 Å². The Hall–Kier alpha value is -2.83. The SMILES string of the molecule is Cc1nc(N2CCC(O)(c3ccccc3)CC2)c2nc(-c3ccccc3)sc2n1. The lowest BCUT2D eigenvalue weighted by atomic mass is 9.84. The predicted octanol–water partition coefficient (Wildman–Crippen LogP) is 4.55. The molecule has 5 nitrogen and oxygen atoms in total. The minimum absolute atomic E-state index is 0.664. The fraction of sp³-hybridized carbons (Fsp3) is 0.261. The average Bonchev–Trinajstić information content (AvgIpc) is 3.19. The van der Waals surface area contributed by atoms with Gasteiger partial charge in [-0.15, -0.1) is 0 Å². The zero-order valence-corrected chi connectivity index (χ0v) is 17.1. The number of aliphatic hydroxyl groups is 1. The lowest BCUT2D eigenvalue weighted by Crippen LogP contribution is -2.43. The molecule has 0 unspecified atom stereocenters. The summed E-state index contributed by atoms with van der Waals surface area (Å²) in [6, 6.07) is 20.2. The zero-order chi connectivity index (χ0) is 19.8. The summed E-state index contributed by atoms with van der Waals surface area (Å²) in [7, 11) is 0. The third-order valence-electron chi connectivity index (χ3n) is 5.57. The van der Waals surface area contributed by atoms with Gasteiger partial charge in [0, 0.05) is 18.7 Å². The van der Waals surface area contributed by atoms with Gasteiger partial charge in [-0.05, 0) is 25.3 Å². The molecule has 0 saturated carbocycles. The van der Waals surface area contributed by atoms with Crippen LogP contribution in [0.4, 0.5) is 5.82 Å². The number of aromatic nitrogens is 3. The number of hydrogen-bond acceptors (Lipinski definition) is 6. The van der Waals surface area contributed by atoms with Crippen molar-refractivity contribution in [1.82, 2.24) is 15.0 Å². The van der Waals surface area contributed by atoms with E-state index in [1.165, 1.54) is 0 Å². The van der Waals surface area contributed by atoms with E-state index < -0.39 is 5.60 Å². The molecule has 1 aliphatic heterocycles. The molecule has 2 aromatic heterocycles. The monoisotopic (exact) mass is 402 g/mol. The van der Waals surface area contributed by atoms with Crippen LogP contribution in [0.1, 0.15) is 24.2 Å². The van der Waals surface area contributed by atoms with Crippen molar-refractivity contribution in [3.05, 3.63) is 72.1 Å². The van der Waals surface area contributed by atoms with Crippen molar-refractivity contribution in [2.24, 2.45) is 0 Å². The molecule has 6 heteroatoms. The van der Waals surface area contributed by atoms with E-state index in [9.17, 15) is 5.11 Å². The van der Waals surface area contributed by atoms with Crippen LogP contribution in [-0.4, -0.2) is 33.1 Å². The van der Waals surface area contributed by atoms with Gasteiger partial charge < -0.3 is 10.0 Å². The molecule has 1 fully saturated rings. The molecule has 0 amide bonds. The Morgan fingerprint density at radius 1 is 0.897 bits per heavy atom. The smallest absolute Gasteiger partial charge is 0.159 e. The third-order valence-corrected chi connectivity index (χ3v) is 6.57. The molecule has 146 valence electrons. The lowest BCUT2D eigenvalue weighted by Gasteiger charge is -2.39. The molecule has 1 aliphatic rings. The van der Waals surface area contributed by atoms with Crippen LogP contribution in [0.3, 0.4) is 0 Å². The van der Waals surface area contributed by atoms with Crippen molar-refractivity contribution in [1.29, 1.82) is 0 Å². The van der Waals surface area contributed by atoms with Gasteiger partial charge in [0.15, 0.2) is 5.82 Å². The summed E-state index contributed by atoms with van der Waals surface area (Å²) < 4.78 is 0. The molecule has 29 heavy (non-hydrogen) atoms. The van der Waals surface area contributed by atoms with Crippen LogP contribution in [-0.2, 0) is 5.60 Å². The number of fused-ring (bicyclic) bond motifs is 1. The van der Waals surface area contributed by atoms with Crippen LogP contribution in [0.15, 0.2) is 60.7 Å². The van der Waals surface area contributed by atoms with Crippen molar-refractivity contribution >= 4 is 27.5 Å². The van der Waals surface area contributed by atoms with Gasteiger partial charge in [0.1, 0.15) is 21.2 Å². The molecule has 3 heterocycles. The van der Waals surface area contributed by atoms with Gasteiger partial charge in [-0.1, -0.05) is 72.0 Å². The van der Waals surface area contributed by atoms with E-state index in [1.807, 2.05) is 55.5 Å². The lowest BCUT2D eigenvalue weighted by molar-refractivity contribution is 0.0117. The second kappa shape index (κ2) is 7.21. The Labute approximate surface area is 173 Å². The maximum Gasteiger partial charge on any atom is 0.159 e. The van der Waals surface area contributed by atoms with Crippen molar-refractivity contribution < 1.29 is 5.11 Å². The van der Waals surface area contributed by atoms with Crippen LogP contribution in [0.25, 0.3) is 20.9 Å². The predicted molar refractivity (Wildman–Crippen MR) is 117 cm³/mol. The van der Waals surface area contributed by atoms with Crippen molar-refractivity contribution in [2.75, 3.05) is 18.0 Å². The third kappa shape index (κ3) is 3.39. The van der Waals surface area contributed by atoms with Gasteiger partial charge in [0.2, 0.25) is 0 Å². The molecule has 0 atom stereocenters. The van der Waals surface area contributed by atoms with E-state index in [-0.39, 0.29) is 0 Å². The molecule has 0 aliphatic carbocycles. The summed E-state index contributed by atoms with van der Waals surface area (Å²) in [5, 5.41) is 12.1. The topological polar surface area (TPSA) is 62.1 Å². The zero-order valence-electron chi connectivity index (χ0n) is 16.2. The van der Waals surface area contributed by atoms with E-state index in [1.54, 1.807) is 11.3 Å². The second-order valence-corrected chi connectivity index (χ2v) is 8.50. The molecular weight excluding hydrogens is 380 g/mol. The highest BCUT2D eigenvalue weighted by atomic mass is 32.1. The maximum absolute atomic E-state index is 11.2. The second-order valence-electron chi connectivity index (χ2n) is 7.52. The van der Waals surface area contributed by atoms with Crippen LogP contribution in [0, 0.1) is 6.92 Å². The number of aryl methyl sites for hydroxylation is 1.